The number of hydrogen-bond donors (Lipinski definition) is 3. The first-order chi connectivity index (χ1) is 11.7. The summed E-state index contributed by atoms with van der Waals surface area (Å²) in [6, 6.07) is 12.8. The van der Waals surface area contributed by atoms with Crippen molar-refractivity contribution in [2.24, 2.45) is 5.73 Å². The van der Waals surface area contributed by atoms with Gasteiger partial charge >= 0.3 is 0 Å². The largest absolute Gasteiger partial charge is 0.348 e. The van der Waals surface area contributed by atoms with Crippen molar-refractivity contribution in [3.8, 4) is 0 Å². The van der Waals surface area contributed by atoms with E-state index in [0.717, 1.165) is 16.7 Å². The van der Waals surface area contributed by atoms with Crippen molar-refractivity contribution in [1.82, 2.24) is 10.0 Å². The van der Waals surface area contributed by atoms with E-state index in [2.05, 4.69) is 10.0 Å². The third-order valence-corrected chi connectivity index (χ3v) is 5.47. The van der Waals surface area contributed by atoms with Gasteiger partial charge in [-0.2, -0.15) is 0 Å². The van der Waals surface area contributed by atoms with Crippen LogP contribution in [0.2, 0.25) is 0 Å². The van der Waals surface area contributed by atoms with Gasteiger partial charge in [-0.15, -0.1) is 0 Å². The molecule has 0 aliphatic rings. The van der Waals surface area contributed by atoms with Crippen LogP contribution in [0.3, 0.4) is 0 Å². The topological polar surface area (TPSA) is 101 Å². The number of carbonyl (C=O) groups is 1. The van der Waals surface area contributed by atoms with Gasteiger partial charge in [0.15, 0.2) is 0 Å². The molecule has 0 spiro atoms. The zero-order valence-electron chi connectivity index (χ0n) is 14.5. The van der Waals surface area contributed by atoms with Crippen molar-refractivity contribution in [2.45, 2.75) is 30.8 Å². The first-order valence-corrected chi connectivity index (χ1v) is 9.39. The second-order valence-corrected chi connectivity index (χ2v) is 7.78. The summed E-state index contributed by atoms with van der Waals surface area (Å²) in [7, 11) is -2.11. The zero-order valence-corrected chi connectivity index (χ0v) is 15.3. The maximum Gasteiger partial charge on any atom is 0.241 e. The van der Waals surface area contributed by atoms with E-state index < -0.39 is 16.1 Å². The molecule has 25 heavy (non-hydrogen) atoms. The lowest BCUT2D eigenvalue weighted by Crippen LogP contribution is -2.35. The zero-order chi connectivity index (χ0) is 18.6. The highest BCUT2D eigenvalue weighted by atomic mass is 32.2. The van der Waals surface area contributed by atoms with Crippen LogP contribution in [0.25, 0.3) is 0 Å². The van der Waals surface area contributed by atoms with Gasteiger partial charge in [-0.1, -0.05) is 42.0 Å². The number of sulfonamides is 1. The van der Waals surface area contributed by atoms with Crippen molar-refractivity contribution < 1.29 is 13.2 Å². The van der Waals surface area contributed by atoms with Crippen molar-refractivity contribution in [3.05, 3.63) is 65.2 Å². The summed E-state index contributed by atoms with van der Waals surface area (Å²) in [5.74, 6) is -0.289. The average molecular weight is 361 g/mol. The Kier molecular flexibility index (Phi) is 5.94. The molecule has 0 saturated heterocycles. The fourth-order valence-corrected chi connectivity index (χ4v) is 3.10. The van der Waals surface area contributed by atoms with E-state index in [-0.39, 0.29) is 16.8 Å². The number of rotatable bonds is 6. The second kappa shape index (κ2) is 7.77. The van der Waals surface area contributed by atoms with Crippen LogP contribution < -0.4 is 15.8 Å². The van der Waals surface area contributed by atoms with Gasteiger partial charge in [-0.05, 0) is 44.2 Å². The highest BCUT2D eigenvalue weighted by molar-refractivity contribution is 7.89. The van der Waals surface area contributed by atoms with E-state index in [0.29, 0.717) is 0 Å². The van der Waals surface area contributed by atoms with Crippen LogP contribution >= 0.6 is 0 Å². The molecule has 0 aliphatic heterocycles. The fraction of sp³-hybridized carbons (Fsp3) is 0.278. The molecule has 2 atom stereocenters. The molecule has 2 aromatic carbocycles. The summed E-state index contributed by atoms with van der Waals surface area (Å²) < 4.78 is 25.7. The van der Waals surface area contributed by atoms with Gasteiger partial charge in [-0.3, -0.25) is 4.79 Å². The van der Waals surface area contributed by atoms with Crippen molar-refractivity contribution >= 4 is 15.9 Å². The molecule has 134 valence electrons. The van der Waals surface area contributed by atoms with Crippen LogP contribution in [0.15, 0.2) is 53.4 Å². The van der Waals surface area contributed by atoms with Gasteiger partial charge in [-0.25, -0.2) is 13.1 Å². The Hall–Kier alpha value is -2.22. The predicted molar refractivity (Wildman–Crippen MR) is 97.4 cm³/mol. The smallest absolute Gasteiger partial charge is 0.241 e. The number of carbonyl (C=O) groups excluding carboxylic acids is 1. The van der Waals surface area contributed by atoms with Gasteiger partial charge in [0, 0.05) is 0 Å². The summed E-state index contributed by atoms with van der Waals surface area (Å²) in [6.07, 6.45) is 0. The van der Waals surface area contributed by atoms with Gasteiger partial charge in [0.25, 0.3) is 0 Å². The normalized spacial score (nSPS) is 13.9. The molecule has 2 unspecified atom stereocenters. The van der Waals surface area contributed by atoms with Gasteiger partial charge in [0.2, 0.25) is 15.9 Å². The molecule has 0 radical (unpaired) electrons. The minimum Gasteiger partial charge on any atom is -0.348 e. The SMILES string of the molecule is CNS(=O)(=O)c1ccc(C(C)NC(=O)C(N)c2ccc(C)cc2)cc1. The molecule has 0 fully saturated rings. The first kappa shape index (κ1) is 19.1. The van der Waals surface area contributed by atoms with E-state index in [1.165, 1.54) is 19.2 Å². The molecule has 6 nitrogen and oxygen atoms in total. The molecule has 0 aliphatic carbocycles. The Bertz CT molecular complexity index is 831. The maximum atomic E-state index is 12.3. The quantitative estimate of drug-likeness (QED) is 0.730. The van der Waals surface area contributed by atoms with E-state index in [9.17, 15) is 13.2 Å². The monoisotopic (exact) mass is 361 g/mol. The molecule has 2 aromatic rings. The van der Waals surface area contributed by atoms with Crippen LogP contribution in [0.4, 0.5) is 0 Å². The fourth-order valence-electron chi connectivity index (χ4n) is 2.37. The molecule has 2 rings (SSSR count). The average Bonchev–Trinajstić information content (AvgIpc) is 2.61. The Morgan fingerprint density at radius 3 is 2.04 bits per heavy atom. The van der Waals surface area contributed by atoms with Crippen molar-refractivity contribution in [3.63, 3.8) is 0 Å². The van der Waals surface area contributed by atoms with E-state index >= 15 is 0 Å². The second-order valence-electron chi connectivity index (χ2n) is 5.90. The number of nitrogens with one attached hydrogen (secondary N) is 2. The van der Waals surface area contributed by atoms with Crippen LogP contribution in [-0.2, 0) is 14.8 Å². The Morgan fingerprint density at radius 1 is 1.00 bits per heavy atom. The van der Waals surface area contributed by atoms with Crippen LogP contribution in [0.1, 0.15) is 35.7 Å². The molecule has 0 saturated carbocycles. The lowest BCUT2D eigenvalue weighted by Gasteiger charge is -2.18. The minimum absolute atomic E-state index is 0.175. The predicted octanol–water partition coefficient (Wildman–Crippen LogP) is 1.78. The Labute approximate surface area is 148 Å². The molecule has 0 bridgehead atoms. The lowest BCUT2D eigenvalue weighted by molar-refractivity contribution is -0.123. The van der Waals surface area contributed by atoms with Gasteiger partial charge in [0.05, 0.1) is 10.9 Å². The van der Waals surface area contributed by atoms with Gasteiger partial charge < -0.3 is 11.1 Å². The summed E-state index contributed by atoms with van der Waals surface area (Å²) in [4.78, 5) is 12.5. The molecule has 7 heteroatoms. The first-order valence-electron chi connectivity index (χ1n) is 7.90. The summed E-state index contributed by atoms with van der Waals surface area (Å²) >= 11 is 0. The third-order valence-electron chi connectivity index (χ3n) is 4.04. The van der Waals surface area contributed by atoms with E-state index in [1.54, 1.807) is 12.1 Å². The summed E-state index contributed by atoms with van der Waals surface area (Å²) in [5, 5.41) is 2.85. The summed E-state index contributed by atoms with van der Waals surface area (Å²) in [5.41, 5.74) is 8.65. The molecule has 0 aromatic heterocycles. The van der Waals surface area contributed by atoms with E-state index in [4.69, 9.17) is 5.73 Å². The Morgan fingerprint density at radius 2 is 1.52 bits per heavy atom. The number of nitrogens with two attached hydrogens (primary N) is 1. The molecule has 1 amide bonds. The highest BCUT2D eigenvalue weighted by Gasteiger charge is 2.19. The third kappa shape index (κ3) is 4.66. The molecule has 4 N–H and O–H groups in total. The van der Waals surface area contributed by atoms with Crippen LogP contribution in [0, 0.1) is 6.92 Å². The van der Waals surface area contributed by atoms with Gasteiger partial charge in [0.1, 0.15) is 6.04 Å². The van der Waals surface area contributed by atoms with Crippen LogP contribution in [0.5, 0.6) is 0 Å². The van der Waals surface area contributed by atoms with Crippen molar-refractivity contribution in [2.75, 3.05) is 7.05 Å². The highest BCUT2D eigenvalue weighted by Crippen LogP contribution is 2.18. The lowest BCUT2D eigenvalue weighted by atomic mass is 10.0. The number of amides is 1. The number of hydrogen-bond acceptors (Lipinski definition) is 4. The van der Waals surface area contributed by atoms with Crippen LogP contribution in [-0.4, -0.2) is 21.4 Å². The number of benzene rings is 2. The minimum atomic E-state index is -3.47. The summed E-state index contributed by atoms with van der Waals surface area (Å²) in [6.45, 7) is 3.79. The molecular formula is C18H23N3O3S. The molecule has 0 heterocycles. The standard InChI is InChI=1S/C18H23N3O3S/c1-12-4-6-15(7-5-12)17(19)18(22)21-13(2)14-8-10-16(11-9-14)25(23,24)20-3/h4-11,13,17,20H,19H2,1-3H3,(H,21,22). The molecular weight excluding hydrogens is 338 g/mol. The van der Waals surface area contributed by atoms with E-state index in [1.807, 2.05) is 38.1 Å². The maximum absolute atomic E-state index is 12.3. The van der Waals surface area contributed by atoms with Crippen molar-refractivity contribution in [1.29, 1.82) is 0 Å². The Balaban J connectivity index is 2.07. The number of aryl methyl sites for hydroxylation is 1.